The molecule has 3 saturated carbocycles. The Kier molecular flexibility index (Phi) is 12.9. The minimum atomic E-state index is -1.95. The Balaban J connectivity index is 1.74. The van der Waals surface area contributed by atoms with Crippen LogP contribution in [0.4, 0.5) is 0 Å². The minimum absolute atomic E-state index is 0.0975. The summed E-state index contributed by atoms with van der Waals surface area (Å²) < 4.78 is 24.1. The summed E-state index contributed by atoms with van der Waals surface area (Å²) in [7, 11) is -0.261. The van der Waals surface area contributed by atoms with E-state index >= 15 is 0 Å². The van der Waals surface area contributed by atoms with Crippen LogP contribution < -0.4 is 0 Å². The SMILES string of the molecule is COCOC(C)(C)CCC[C@@H](C)[C@H]1CC[C@H]2/C(=C/C=C3/C[C@@H](OC(=O)C(C)(C)C)C[C@H](O[Si](C)(C)C(C)(C)C)C3)CCC[C@]12C. The van der Waals surface area contributed by atoms with Gasteiger partial charge in [-0.25, -0.2) is 0 Å². The zero-order chi connectivity index (χ0) is 33.8. The maximum Gasteiger partial charge on any atom is 0.311 e. The predicted molar refractivity (Wildman–Crippen MR) is 190 cm³/mol. The van der Waals surface area contributed by atoms with E-state index < -0.39 is 13.7 Å². The molecule has 3 aliphatic carbocycles. The third-order valence-electron chi connectivity index (χ3n) is 11.9. The fourth-order valence-electron chi connectivity index (χ4n) is 8.15. The molecule has 0 saturated heterocycles. The van der Waals surface area contributed by atoms with E-state index in [0.717, 1.165) is 37.5 Å². The van der Waals surface area contributed by atoms with Crippen LogP contribution in [-0.2, 0) is 23.4 Å². The standard InChI is InChI=1S/C39H70O5Si/c1-28(16-14-22-38(8,9)42-27-41-11)33-20-21-34-30(17-15-23-39(33,34)10)19-18-29-24-31(43-35(40)36(2,3)4)26-32(25-29)44-45(12,13)37(5,6)7/h18-19,28,31-34H,14-17,20-27H2,1-13H3/b29-18-,30-19+/t28-,31-,32-,33-,34+,39-/m1/s1. The molecule has 0 bridgehead atoms. The first-order valence-electron chi connectivity index (χ1n) is 18.1. The van der Waals surface area contributed by atoms with Crippen LogP contribution in [0.15, 0.2) is 23.3 Å². The predicted octanol–water partition coefficient (Wildman–Crippen LogP) is 10.8. The second-order valence-electron chi connectivity index (χ2n) is 18.3. The molecule has 5 nitrogen and oxygen atoms in total. The fraction of sp³-hybridized carbons (Fsp3) is 0.872. The van der Waals surface area contributed by atoms with Crippen molar-refractivity contribution in [3.63, 3.8) is 0 Å². The fourth-order valence-corrected chi connectivity index (χ4v) is 9.51. The molecular formula is C39H70O5Si. The van der Waals surface area contributed by atoms with Gasteiger partial charge in [0.1, 0.15) is 12.9 Å². The van der Waals surface area contributed by atoms with Crippen molar-refractivity contribution >= 4 is 14.3 Å². The minimum Gasteiger partial charge on any atom is -0.462 e. The molecule has 0 N–H and O–H groups in total. The lowest BCUT2D eigenvalue weighted by Gasteiger charge is -2.44. The van der Waals surface area contributed by atoms with Crippen LogP contribution in [0.3, 0.4) is 0 Å². The Morgan fingerprint density at radius 2 is 1.69 bits per heavy atom. The first kappa shape index (κ1) is 38.5. The highest BCUT2D eigenvalue weighted by Gasteiger charge is 2.50. The van der Waals surface area contributed by atoms with E-state index in [4.69, 9.17) is 18.6 Å². The molecule has 6 atom stereocenters. The molecule has 0 amide bonds. The monoisotopic (exact) mass is 646 g/mol. The molecule has 3 rings (SSSR count). The molecule has 45 heavy (non-hydrogen) atoms. The van der Waals surface area contributed by atoms with E-state index in [1.807, 2.05) is 20.8 Å². The molecule has 0 unspecified atom stereocenters. The first-order chi connectivity index (χ1) is 20.7. The van der Waals surface area contributed by atoms with Crippen molar-refractivity contribution in [2.45, 2.75) is 176 Å². The molecule has 6 heteroatoms. The van der Waals surface area contributed by atoms with Crippen molar-refractivity contribution in [2.24, 2.45) is 28.6 Å². The largest absolute Gasteiger partial charge is 0.462 e. The van der Waals surface area contributed by atoms with Gasteiger partial charge in [-0.2, -0.15) is 0 Å². The molecular weight excluding hydrogens is 577 g/mol. The van der Waals surface area contributed by atoms with Gasteiger partial charge in [0.25, 0.3) is 0 Å². The Morgan fingerprint density at radius 1 is 1.02 bits per heavy atom. The van der Waals surface area contributed by atoms with Gasteiger partial charge in [0.05, 0.1) is 17.1 Å². The summed E-state index contributed by atoms with van der Waals surface area (Å²) in [6.07, 6.45) is 17.4. The van der Waals surface area contributed by atoms with Gasteiger partial charge in [-0.05, 0) is 121 Å². The molecule has 0 aromatic rings. The van der Waals surface area contributed by atoms with Crippen molar-refractivity contribution in [3.8, 4) is 0 Å². The lowest BCUT2D eigenvalue weighted by Crippen LogP contribution is -2.46. The summed E-state index contributed by atoms with van der Waals surface area (Å²) >= 11 is 0. The summed E-state index contributed by atoms with van der Waals surface area (Å²) in [5, 5.41) is 0.143. The second kappa shape index (κ2) is 15.1. The first-order valence-corrected chi connectivity index (χ1v) is 21.0. The van der Waals surface area contributed by atoms with E-state index in [-0.39, 0.29) is 28.8 Å². The summed E-state index contributed by atoms with van der Waals surface area (Å²) in [5.74, 6) is 2.06. The maximum absolute atomic E-state index is 12.9. The van der Waals surface area contributed by atoms with Gasteiger partial charge in [-0.15, -0.1) is 0 Å². The van der Waals surface area contributed by atoms with Gasteiger partial charge >= 0.3 is 5.97 Å². The van der Waals surface area contributed by atoms with E-state index in [1.54, 1.807) is 12.7 Å². The summed E-state index contributed by atoms with van der Waals surface area (Å²) in [5.41, 5.74) is 2.77. The number of hydrogen-bond acceptors (Lipinski definition) is 5. The van der Waals surface area contributed by atoms with Crippen molar-refractivity contribution in [1.29, 1.82) is 0 Å². The summed E-state index contributed by atoms with van der Waals surface area (Å²) in [6.45, 7) is 27.2. The number of hydrogen-bond donors (Lipinski definition) is 0. The van der Waals surface area contributed by atoms with Gasteiger partial charge in [-0.1, -0.05) is 70.8 Å². The number of carbonyl (C=O) groups excluding carboxylic acids is 1. The third kappa shape index (κ3) is 10.3. The highest BCUT2D eigenvalue weighted by atomic mass is 28.4. The molecule has 260 valence electrons. The highest BCUT2D eigenvalue weighted by Crippen LogP contribution is 2.60. The van der Waals surface area contributed by atoms with E-state index in [2.05, 4.69) is 73.7 Å². The highest BCUT2D eigenvalue weighted by molar-refractivity contribution is 6.74. The van der Waals surface area contributed by atoms with E-state index in [0.29, 0.717) is 18.1 Å². The molecule has 0 spiro atoms. The molecule has 0 radical (unpaired) electrons. The number of fused-ring (bicyclic) bond motifs is 1. The quantitative estimate of drug-likeness (QED) is 0.120. The van der Waals surface area contributed by atoms with Gasteiger partial charge < -0.3 is 18.6 Å². The van der Waals surface area contributed by atoms with Gasteiger partial charge in [0, 0.05) is 20.0 Å². The number of rotatable bonds is 12. The average Bonchev–Trinajstić information content (AvgIpc) is 3.26. The smallest absolute Gasteiger partial charge is 0.311 e. The molecule has 0 aromatic heterocycles. The molecule has 0 aromatic carbocycles. The Hall–Kier alpha value is -0.953. The van der Waals surface area contributed by atoms with Crippen molar-refractivity contribution in [2.75, 3.05) is 13.9 Å². The van der Waals surface area contributed by atoms with Crippen LogP contribution in [0, 0.1) is 28.6 Å². The topological polar surface area (TPSA) is 54.0 Å². The molecule has 3 aliphatic rings. The number of methoxy groups -OCH3 is 1. The summed E-state index contributed by atoms with van der Waals surface area (Å²) in [4.78, 5) is 12.9. The number of carbonyl (C=O) groups is 1. The van der Waals surface area contributed by atoms with Gasteiger partial charge in [0.2, 0.25) is 0 Å². The van der Waals surface area contributed by atoms with Gasteiger partial charge in [-0.3, -0.25) is 4.79 Å². The zero-order valence-electron chi connectivity index (χ0n) is 31.6. The number of esters is 1. The van der Waals surface area contributed by atoms with Gasteiger partial charge in [0.15, 0.2) is 8.32 Å². The van der Waals surface area contributed by atoms with E-state index in [9.17, 15) is 4.79 Å². The van der Waals surface area contributed by atoms with Crippen LogP contribution in [0.25, 0.3) is 0 Å². The van der Waals surface area contributed by atoms with Crippen LogP contribution in [-0.4, -0.2) is 46.0 Å². The van der Waals surface area contributed by atoms with Crippen molar-refractivity contribution < 1.29 is 23.4 Å². The summed E-state index contributed by atoms with van der Waals surface area (Å²) in [6, 6.07) is 0. The van der Waals surface area contributed by atoms with Crippen molar-refractivity contribution in [3.05, 3.63) is 23.3 Å². The molecule has 0 aliphatic heterocycles. The Morgan fingerprint density at radius 3 is 2.31 bits per heavy atom. The van der Waals surface area contributed by atoms with Crippen molar-refractivity contribution in [1.82, 2.24) is 0 Å². The van der Waals surface area contributed by atoms with E-state index in [1.165, 1.54) is 50.5 Å². The Bertz CT molecular complexity index is 1040. The Labute approximate surface area is 278 Å². The van der Waals surface area contributed by atoms with Crippen LogP contribution in [0.1, 0.15) is 140 Å². The number of ether oxygens (including phenoxy) is 3. The zero-order valence-corrected chi connectivity index (χ0v) is 32.6. The lowest BCUT2D eigenvalue weighted by molar-refractivity contribution is -0.160. The molecule has 3 fully saturated rings. The van der Waals surface area contributed by atoms with Crippen LogP contribution in [0.2, 0.25) is 18.1 Å². The average molecular weight is 647 g/mol. The second-order valence-corrected chi connectivity index (χ2v) is 23.0. The van der Waals surface area contributed by atoms with Crippen LogP contribution in [0.5, 0.6) is 0 Å². The molecule has 0 heterocycles. The van der Waals surface area contributed by atoms with Crippen LogP contribution >= 0.6 is 0 Å². The third-order valence-corrected chi connectivity index (χ3v) is 16.5. The number of allylic oxidation sites excluding steroid dienone is 3. The maximum atomic E-state index is 12.9. The lowest BCUT2D eigenvalue weighted by atomic mass is 9.60. The normalized spacial score (nSPS) is 30.9.